The topological polar surface area (TPSA) is 65.7 Å². The van der Waals surface area contributed by atoms with Crippen molar-refractivity contribution in [2.24, 2.45) is 4.99 Å². The first-order chi connectivity index (χ1) is 8.22. The zero-order valence-corrected chi connectivity index (χ0v) is 10.1. The third-order valence-electron chi connectivity index (χ3n) is 1.96. The second kappa shape index (κ2) is 6.71. The van der Waals surface area contributed by atoms with Crippen LogP contribution >= 0.6 is 11.6 Å². The van der Waals surface area contributed by atoms with Gasteiger partial charge in [0, 0.05) is 18.6 Å². The van der Waals surface area contributed by atoms with Crippen LogP contribution in [-0.2, 0) is 9.53 Å². The average molecular weight is 254 g/mol. The van der Waals surface area contributed by atoms with Crippen LogP contribution in [0, 0.1) is 11.3 Å². The Bertz CT molecular complexity index is 405. The molecular formula is C11H12ClN3O2. The molecule has 0 unspecified atom stereocenters. The Kier molecular flexibility index (Phi) is 5.24. The summed E-state index contributed by atoms with van der Waals surface area (Å²) in [6.45, 7) is 2.53. The second-order valence-corrected chi connectivity index (χ2v) is 3.46. The molecule has 0 N–H and O–H groups in total. The number of esters is 1. The number of rotatable bonds is 4. The highest BCUT2D eigenvalue weighted by atomic mass is 35.5. The summed E-state index contributed by atoms with van der Waals surface area (Å²) in [5.74, 6) is -0.184. The second-order valence-electron chi connectivity index (χ2n) is 3.08. The number of carbonyl (C=O) groups excluding carboxylic acids is 1. The van der Waals surface area contributed by atoms with Crippen molar-refractivity contribution in [2.45, 2.75) is 6.92 Å². The number of aliphatic imine (C=N–C) groups is 1. The van der Waals surface area contributed by atoms with Gasteiger partial charge in [0.15, 0.2) is 5.57 Å². The average Bonchev–Trinajstić information content (AvgIpc) is 2.33. The summed E-state index contributed by atoms with van der Waals surface area (Å²) in [7, 11) is 0. The summed E-state index contributed by atoms with van der Waals surface area (Å²) in [5.41, 5.74) is 0.210. The van der Waals surface area contributed by atoms with E-state index in [1.807, 2.05) is 0 Å². The number of nitrogens with zero attached hydrogens (tertiary/aromatic N) is 3. The number of hydrogen-bond donors (Lipinski definition) is 0. The summed E-state index contributed by atoms with van der Waals surface area (Å²) < 4.78 is 4.76. The lowest BCUT2D eigenvalue weighted by molar-refractivity contribution is -0.138. The molecule has 0 radical (unpaired) electrons. The maximum Gasteiger partial charge on any atom is 0.351 e. The van der Waals surface area contributed by atoms with Crippen LogP contribution in [0.2, 0.25) is 0 Å². The lowest BCUT2D eigenvalue weighted by atomic mass is 10.2. The molecule has 0 aromatic heterocycles. The molecule has 1 aliphatic heterocycles. The van der Waals surface area contributed by atoms with Crippen LogP contribution in [0.4, 0.5) is 0 Å². The highest BCUT2D eigenvalue weighted by Crippen LogP contribution is 2.13. The molecule has 0 aliphatic carbocycles. The van der Waals surface area contributed by atoms with E-state index in [1.54, 1.807) is 30.2 Å². The Balaban J connectivity index is 2.85. The zero-order chi connectivity index (χ0) is 12.7. The molecule has 0 aromatic carbocycles. The van der Waals surface area contributed by atoms with Crippen molar-refractivity contribution in [2.75, 3.05) is 19.0 Å². The summed E-state index contributed by atoms with van der Waals surface area (Å²) in [4.78, 5) is 17.2. The van der Waals surface area contributed by atoms with Crippen molar-refractivity contribution in [1.82, 2.24) is 4.90 Å². The van der Waals surface area contributed by atoms with E-state index in [-0.39, 0.29) is 12.2 Å². The van der Waals surface area contributed by atoms with Gasteiger partial charge in [0.2, 0.25) is 0 Å². The molecule has 1 aliphatic rings. The standard InChI is InChI=1S/C11H12ClN3O2/c1-2-17-11(16)9(7-13)10-3-5-15(6-4-12)8-14-10/h3,5,8H,2,4,6H2,1H3/b10-9-. The van der Waals surface area contributed by atoms with Gasteiger partial charge in [-0.1, -0.05) is 0 Å². The van der Waals surface area contributed by atoms with E-state index in [4.69, 9.17) is 21.6 Å². The minimum Gasteiger partial charge on any atom is -0.462 e. The van der Waals surface area contributed by atoms with Crippen LogP contribution in [0.5, 0.6) is 0 Å². The smallest absolute Gasteiger partial charge is 0.351 e. The van der Waals surface area contributed by atoms with E-state index < -0.39 is 5.97 Å². The van der Waals surface area contributed by atoms with Crippen molar-refractivity contribution >= 4 is 23.9 Å². The van der Waals surface area contributed by atoms with Gasteiger partial charge in [-0.25, -0.2) is 9.79 Å². The van der Waals surface area contributed by atoms with Crippen molar-refractivity contribution in [1.29, 1.82) is 5.26 Å². The summed E-state index contributed by atoms with van der Waals surface area (Å²) >= 11 is 5.58. The predicted octanol–water partition coefficient (Wildman–Crippen LogP) is 1.42. The zero-order valence-electron chi connectivity index (χ0n) is 9.39. The molecule has 0 spiro atoms. The minimum absolute atomic E-state index is 0.0927. The lowest BCUT2D eigenvalue weighted by Gasteiger charge is -2.16. The third kappa shape index (κ3) is 3.61. The number of ether oxygens (including phenoxy) is 1. The summed E-state index contributed by atoms with van der Waals surface area (Å²) in [6.07, 6.45) is 4.82. The Hall–Kier alpha value is -1.80. The maximum absolute atomic E-state index is 11.4. The molecule has 0 atom stereocenters. The van der Waals surface area contributed by atoms with E-state index in [1.165, 1.54) is 6.34 Å². The van der Waals surface area contributed by atoms with Gasteiger partial charge in [0.05, 0.1) is 18.6 Å². The van der Waals surface area contributed by atoms with E-state index in [2.05, 4.69) is 4.99 Å². The van der Waals surface area contributed by atoms with Crippen LogP contribution in [-0.4, -0.2) is 36.2 Å². The molecular weight excluding hydrogens is 242 g/mol. The molecule has 0 bridgehead atoms. The Morgan fingerprint density at radius 1 is 1.71 bits per heavy atom. The van der Waals surface area contributed by atoms with Crippen LogP contribution in [0.3, 0.4) is 0 Å². The first-order valence-electron chi connectivity index (χ1n) is 5.08. The van der Waals surface area contributed by atoms with Crippen molar-refractivity contribution in [3.63, 3.8) is 0 Å². The first kappa shape index (κ1) is 13.3. The molecule has 0 amide bonds. The maximum atomic E-state index is 11.4. The van der Waals surface area contributed by atoms with Gasteiger partial charge in [0.1, 0.15) is 6.07 Å². The van der Waals surface area contributed by atoms with Gasteiger partial charge in [-0.2, -0.15) is 5.26 Å². The summed E-state index contributed by atoms with van der Waals surface area (Å²) in [5, 5.41) is 8.89. The fraction of sp³-hybridized carbons (Fsp3) is 0.364. The number of allylic oxidation sites excluding steroid dienone is 1. The fourth-order valence-corrected chi connectivity index (χ4v) is 1.37. The van der Waals surface area contributed by atoms with Gasteiger partial charge in [-0.3, -0.25) is 0 Å². The lowest BCUT2D eigenvalue weighted by Crippen LogP contribution is -2.20. The minimum atomic E-state index is -0.655. The molecule has 90 valence electrons. The molecule has 1 rings (SSSR count). The Labute approximate surface area is 105 Å². The first-order valence-corrected chi connectivity index (χ1v) is 5.62. The van der Waals surface area contributed by atoms with Crippen molar-refractivity contribution in [3.05, 3.63) is 23.5 Å². The third-order valence-corrected chi connectivity index (χ3v) is 2.13. The van der Waals surface area contributed by atoms with E-state index in [9.17, 15) is 4.79 Å². The van der Waals surface area contributed by atoms with E-state index in [0.717, 1.165) is 0 Å². The van der Waals surface area contributed by atoms with Gasteiger partial charge < -0.3 is 9.64 Å². The number of hydrogen-bond acceptors (Lipinski definition) is 5. The monoisotopic (exact) mass is 253 g/mol. The molecule has 17 heavy (non-hydrogen) atoms. The predicted molar refractivity (Wildman–Crippen MR) is 64.3 cm³/mol. The molecule has 0 saturated heterocycles. The van der Waals surface area contributed by atoms with Gasteiger partial charge in [0.25, 0.3) is 0 Å². The van der Waals surface area contributed by atoms with Crippen LogP contribution in [0.1, 0.15) is 6.92 Å². The van der Waals surface area contributed by atoms with Crippen LogP contribution < -0.4 is 0 Å². The van der Waals surface area contributed by atoms with Crippen molar-refractivity contribution < 1.29 is 9.53 Å². The number of nitriles is 1. The van der Waals surface area contributed by atoms with E-state index >= 15 is 0 Å². The number of halogens is 1. The number of carbonyl (C=O) groups is 1. The van der Waals surface area contributed by atoms with Gasteiger partial charge in [-0.15, -0.1) is 11.6 Å². The molecule has 6 heteroatoms. The van der Waals surface area contributed by atoms with Crippen LogP contribution in [0.15, 0.2) is 28.5 Å². The molecule has 0 aromatic rings. The highest BCUT2D eigenvalue weighted by molar-refractivity contribution is 6.18. The molecule has 0 fully saturated rings. The largest absolute Gasteiger partial charge is 0.462 e. The highest BCUT2D eigenvalue weighted by Gasteiger charge is 2.16. The normalized spacial score (nSPS) is 16.6. The SMILES string of the molecule is CCOC(=O)/C(C#N)=C1/C=CN(CCCl)C=N1. The quantitative estimate of drug-likeness (QED) is 0.329. The Morgan fingerprint density at radius 2 is 2.47 bits per heavy atom. The Morgan fingerprint density at radius 3 is 2.94 bits per heavy atom. The summed E-state index contributed by atoms with van der Waals surface area (Å²) in [6, 6.07) is 1.80. The molecule has 0 saturated carbocycles. The van der Waals surface area contributed by atoms with Crippen molar-refractivity contribution in [3.8, 4) is 6.07 Å². The number of alkyl halides is 1. The van der Waals surface area contributed by atoms with Gasteiger partial charge >= 0.3 is 5.97 Å². The van der Waals surface area contributed by atoms with E-state index in [0.29, 0.717) is 18.1 Å². The molecule has 5 nitrogen and oxygen atoms in total. The van der Waals surface area contributed by atoms with Crippen LogP contribution in [0.25, 0.3) is 0 Å². The van der Waals surface area contributed by atoms with Gasteiger partial charge in [-0.05, 0) is 13.0 Å². The fourth-order valence-electron chi connectivity index (χ4n) is 1.17. The molecule has 1 heterocycles.